The van der Waals surface area contributed by atoms with E-state index in [0.717, 1.165) is 0 Å². The second-order valence-electron chi connectivity index (χ2n) is 4.79. The van der Waals surface area contributed by atoms with Crippen molar-refractivity contribution >= 4 is 39.1 Å². The molecule has 2 heterocycles. The van der Waals surface area contributed by atoms with Crippen LogP contribution < -0.4 is 5.56 Å². The lowest BCUT2D eigenvalue weighted by atomic mass is 10.2. The Labute approximate surface area is 135 Å². The highest BCUT2D eigenvalue weighted by Gasteiger charge is 2.16. The number of aromatic amines is 1. The van der Waals surface area contributed by atoms with E-state index in [9.17, 15) is 9.59 Å². The maximum atomic E-state index is 12.4. The molecule has 1 amide bonds. The molecule has 0 bridgehead atoms. The van der Waals surface area contributed by atoms with E-state index in [0.29, 0.717) is 26.6 Å². The summed E-state index contributed by atoms with van der Waals surface area (Å²) < 4.78 is 0.587. The largest absolute Gasteiger partial charge is 0.334 e. The highest BCUT2D eigenvalue weighted by Crippen LogP contribution is 2.18. The second-order valence-corrected chi connectivity index (χ2v) is 6.11. The molecule has 3 rings (SSSR count). The van der Waals surface area contributed by atoms with E-state index in [1.807, 2.05) is 5.38 Å². The van der Waals surface area contributed by atoms with Crippen LogP contribution in [0.25, 0.3) is 10.2 Å². The van der Waals surface area contributed by atoms with Gasteiger partial charge in [0.25, 0.3) is 11.5 Å². The Kier molecular flexibility index (Phi) is 3.96. The van der Waals surface area contributed by atoms with Gasteiger partial charge in [0, 0.05) is 7.05 Å². The normalized spacial score (nSPS) is 10.8. The number of H-pyrrole nitrogens is 1. The Morgan fingerprint density at radius 2 is 2.14 bits per heavy atom. The Morgan fingerprint density at radius 3 is 2.91 bits per heavy atom. The van der Waals surface area contributed by atoms with Crippen molar-refractivity contribution in [3.05, 3.63) is 62.5 Å². The van der Waals surface area contributed by atoms with Crippen LogP contribution in [0.3, 0.4) is 0 Å². The maximum Gasteiger partial charge on any atom is 0.268 e. The molecule has 1 aromatic carbocycles. The highest BCUT2D eigenvalue weighted by atomic mass is 35.5. The summed E-state index contributed by atoms with van der Waals surface area (Å²) in [6.07, 6.45) is 0. The SMILES string of the molecule is CN(Cc1nc2ccsc2c(=O)[nH]1)C(=O)c1ccccc1Cl. The molecule has 1 N–H and O–H groups in total. The molecule has 0 saturated heterocycles. The van der Waals surface area contributed by atoms with Crippen molar-refractivity contribution in [2.24, 2.45) is 0 Å². The van der Waals surface area contributed by atoms with Crippen LogP contribution in [0.2, 0.25) is 5.02 Å². The van der Waals surface area contributed by atoms with E-state index < -0.39 is 0 Å². The fraction of sp³-hybridized carbons (Fsp3) is 0.133. The van der Waals surface area contributed by atoms with Gasteiger partial charge in [-0.3, -0.25) is 9.59 Å². The van der Waals surface area contributed by atoms with Crippen molar-refractivity contribution in [1.29, 1.82) is 0 Å². The number of amides is 1. The lowest BCUT2D eigenvalue weighted by Crippen LogP contribution is -2.28. The first-order valence-corrected chi connectivity index (χ1v) is 7.78. The molecule has 112 valence electrons. The molecule has 0 fully saturated rings. The molecule has 3 aromatic rings. The number of carbonyl (C=O) groups excluding carboxylic acids is 1. The fourth-order valence-electron chi connectivity index (χ4n) is 2.13. The molecule has 0 spiro atoms. The van der Waals surface area contributed by atoms with Crippen LogP contribution in [-0.4, -0.2) is 27.8 Å². The third kappa shape index (κ3) is 2.75. The average Bonchev–Trinajstić information content (AvgIpc) is 2.96. The van der Waals surface area contributed by atoms with E-state index in [2.05, 4.69) is 9.97 Å². The highest BCUT2D eigenvalue weighted by molar-refractivity contribution is 7.17. The Balaban J connectivity index is 1.86. The third-order valence-corrected chi connectivity index (χ3v) is 4.43. The zero-order valence-corrected chi connectivity index (χ0v) is 13.2. The minimum atomic E-state index is -0.223. The Morgan fingerprint density at radius 1 is 1.36 bits per heavy atom. The monoisotopic (exact) mass is 333 g/mol. The predicted octanol–water partition coefficient (Wildman–Crippen LogP) is 2.91. The zero-order valence-electron chi connectivity index (χ0n) is 11.7. The molecule has 7 heteroatoms. The molecule has 0 saturated carbocycles. The quantitative estimate of drug-likeness (QED) is 0.801. The molecule has 0 atom stereocenters. The Hall–Kier alpha value is -2.18. The number of aromatic nitrogens is 2. The van der Waals surface area contributed by atoms with Crippen LogP contribution in [0, 0.1) is 0 Å². The summed E-state index contributed by atoms with van der Waals surface area (Å²) >= 11 is 7.38. The molecule has 0 aliphatic carbocycles. The number of carbonyl (C=O) groups is 1. The number of fused-ring (bicyclic) bond motifs is 1. The summed E-state index contributed by atoms with van der Waals surface area (Å²) in [5, 5.41) is 2.21. The minimum Gasteiger partial charge on any atom is -0.334 e. The van der Waals surface area contributed by atoms with Gasteiger partial charge >= 0.3 is 0 Å². The van der Waals surface area contributed by atoms with Crippen molar-refractivity contribution in [3.8, 4) is 0 Å². The molecule has 2 aromatic heterocycles. The van der Waals surface area contributed by atoms with Crippen molar-refractivity contribution in [1.82, 2.24) is 14.9 Å². The van der Waals surface area contributed by atoms with Gasteiger partial charge < -0.3 is 9.88 Å². The smallest absolute Gasteiger partial charge is 0.268 e. The van der Waals surface area contributed by atoms with E-state index in [1.54, 1.807) is 37.4 Å². The molecule has 0 unspecified atom stereocenters. The number of hydrogen-bond donors (Lipinski definition) is 1. The molecule has 5 nitrogen and oxygen atoms in total. The summed E-state index contributed by atoms with van der Waals surface area (Å²) in [4.78, 5) is 32.9. The molecule has 22 heavy (non-hydrogen) atoms. The number of rotatable bonds is 3. The molecular formula is C15H12ClN3O2S. The standard InChI is InChI=1S/C15H12ClN3O2S/c1-19(15(21)9-4-2-3-5-10(9)16)8-12-17-11-6-7-22-13(11)14(20)18-12/h2-7H,8H2,1H3,(H,17,18,20). The lowest BCUT2D eigenvalue weighted by molar-refractivity contribution is 0.0781. The second kappa shape index (κ2) is 5.90. The van der Waals surface area contributed by atoms with Crippen LogP contribution in [0.5, 0.6) is 0 Å². The molecule has 0 aliphatic heterocycles. The Bertz CT molecular complexity index is 903. The van der Waals surface area contributed by atoms with Crippen molar-refractivity contribution in [3.63, 3.8) is 0 Å². The van der Waals surface area contributed by atoms with Crippen LogP contribution in [0.4, 0.5) is 0 Å². The van der Waals surface area contributed by atoms with Crippen LogP contribution in [-0.2, 0) is 6.54 Å². The number of hydrogen-bond acceptors (Lipinski definition) is 4. The van der Waals surface area contributed by atoms with E-state index in [1.165, 1.54) is 16.2 Å². The first kappa shape index (κ1) is 14.7. The summed E-state index contributed by atoms with van der Waals surface area (Å²) in [6.45, 7) is 0.199. The summed E-state index contributed by atoms with van der Waals surface area (Å²) in [7, 11) is 1.64. The van der Waals surface area contributed by atoms with Gasteiger partial charge in [0.2, 0.25) is 0 Å². The average molecular weight is 334 g/mol. The van der Waals surface area contributed by atoms with E-state index >= 15 is 0 Å². The van der Waals surface area contributed by atoms with Gasteiger partial charge in [0.15, 0.2) is 0 Å². The first-order valence-electron chi connectivity index (χ1n) is 6.52. The predicted molar refractivity (Wildman–Crippen MR) is 87.5 cm³/mol. The van der Waals surface area contributed by atoms with Crippen LogP contribution in [0.15, 0.2) is 40.5 Å². The van der Waals surface area contributed by atoms with Crippen molar-refractivity contribution in [2.45, 2.75) is 6.54 Å². The van der Waals surface area contributed by atoms with E-state index in [4.69, 9.17) is 11.6 Å². The molecule has 0 aliphatic rings. The molecular weight excluding hydrogens is 322 g/mol. The number of benzene rings is 1. The van der Waals surface area contributed by atoms with Gasteiger partial charge in [-0.1, -0.05) is 23.7 Å². The lowest BCUT2D eigenvalue weighted by Gasteiger charge is -2.17. The number of nitrogens with one attached hydrogen (secondary N) is 1. The maximum absolute atomic E-state index is 12.4. The summed E-state index contributed by atoms with van der Waals surface area (Å²) in [6, 6.07) is 8.64. The first-order chi connectivity index (χ1) is 10.6. The minimum absolute atomic E-state index is 0.186. The number of halogens is 1. The van der Waals surface area contributed by atoms with Crippen LogP contribution in [0.1, 0.15) is 16.2 Å². The van der Waals surface area contributed by atoms with Crippen molar-refractivity contribution < 1.29 is 4.79 Å². The number of nitrogens with zero attached hydrogens (tertiary/aromatic N) is 2. The van der Waals surface area contributed by atoms with Gasteiger partial charge in [0.1, 0.15) is 10.5 Å². The summed E-state index contributed by atoms with van der Waals surface area (Å²) in [5.41, 5.74) is 0.876. The fourth-order valence-corrected chi connectivity index (χ4v) is 3.08. The van der Waals surface area contributed by atoms with Crippen LogP contribution >= 0.6 is 22.9 Å². The number of thiophene rings is 1. The zero-order chi connectivity index (χ0) is 15.7. The van der Waals surface area contributed by atoms with E-state index in [-0.39, 0.29) is 18.0 Å². The topological polar surface area (TPSA) is 66.1 Å². The third-order valence-electron chi connectivity index (χ3n) is 3.20. The van der Waals surface area contributed by atoms with Gasteiger partial charge in [-0.25, -0.2) is 4.98 Å². The van der Waals surface area contributed by atoms with Gasteiger partial charge in [-0.15, -0.1) is 11.3 Å². The van der Waals surface area contributed by atoms with Gasteiger partial charge in [0.05, 0.1) is 22.6 Å². The molecule has 0 radical (unpaired) electrons. The summed E-state index contributed by atoms with van der Waals surface area (Å²) in [5.74, 6) is 0.220. The van der Waals surface area contributed by atoms with Gasteiger partial charge in [-0.05, 0) is 23.6 Å². The van der Waals surface area contributed by atoms with Crippen molar-refractivity contribution in [2.75, 3.05) is 7.05 Å². The van der Waals surface area contributed by atoms with Gasteiger partial charge in [-0.2, -0.15) is 0 Å².